The van der Waals surface area contributed by atoms with Crippen molar-refractivity contribution in [3.63, 3.8) is 0 Å². The Labute approximate surface area is 110 Å². The monoisotopic (exact) mass is 295 g/mol. The van der Waals surface area contributed by atoms with E-state index in [-0.39, 0.29) is 10.3 Å². The molecular weight excluding hydrogens is 282 g/mol. The number of hydrogen-bond acceptors (Lipinski definition) is 4. The third kappa shape index (κ3) is 3.42. The Hall–Kier alpha value is -0.140. The van der Waals surface area contributed by atoms with Gasteiger partial charge in [-0.2, -0.15) is 0 Å². The van der Waals surface area contributed by atoms with E-state index < -0.39 is 16.1 Å². The van der Waals surface area contributed by atoms with Crippen LogP contribution in [0.25, 0.3) is 0 Å². The normalized spacial score (nSPS) is 26.0. The van der Waals surface area contributed by atoms with Crippen molar-refractivity contribution < 1.29 is 13.5 Å². The van der Waals surface area contributed by atoms with Gasteiger partial charge in [-0.25, -0.2) is 13.1 Å². The molecule has 1 aromatic heterocycles. The van der Waals surface area contributed by atoms with Crippen LogP contribution < -0.4 is 4.72 Å². The summed E-state index contributed by atoms with van der Waals surface area (Å²) in [6.07, 6.45) is 2.46. The quantitative estimate of drug-likeness (QED) is 0.896. The van der Waals surface area contributed by atoms with Gasteiger partial charge in [0.25, 0.3) is 0 Å². The van der Waals surface area contributed by atoms with Crippen LogP contribution in [-0.4, -0.2) is 25.7 Å². The maximum absolute atomic E-state index is 12.0. The molecule has 2 N–H and O–H groups in total. The van der Waals surface area contributed by atoms with E-state index in [9.17, 15) is 13.5 Å². The third-order valence-electron chi connectivity index (χ3n) is 2.78. The first kappa shape index (κ1) is 13.3. The number of rotatable bonds is 3. The Balaban J connectivity index is 2.07. The smallest absolute Gasteiger partial charge is 0.250 e. The summed E-state index contributed by atoms with van der Waals surface area (Å²) >= 11 is 6.76. The van der Waals surface area contributed by atoms with E-state index in [1.165, 1.54) is 6.07 Å². The molecule has 2 unspecified atom stereocenters. The van der Waals surface area contributed by atoms with E-state index in [1.807, 2.05) is 0 Å². The van der Waals surface area contributed by atoms with E-state index in [1.54, 1.807) is 6.07 Å². The minimum absolute atomic E-state index is 0.176. The van der Waals surface area contributed by atoms with Crippen molar-refractivity contribution in [2.45, 2.75) is 42.0 Å². The van der Waals surface area contributed by atoms with Crippen molar-refractivity contribution in [2.75, 3.05) is 0 Å². The molecule has 2 atom stereocenters. The van der Waals surface area contributed by atoms with Gasteiger partial charge in [0, 0.05) is 6.04 Å². The van der Waals surface area contributed by atoms with Gasteiger partial charge in [-0.15, -0.1) is 11.3 Å². The zero-order valence-electron chi connectivity index (χ0n) is 9.10. The maximum Gasteiger partial charge on any atom is 0.250 e. The van der Waals surface area contributed by atoms with E-state index in [0.29, 0.717) is 10.8 Å². The van der Waals surface area contributed by atoms with E-state index in [4.69, 9.17) is 11.6 Å². The predicted octanol–water partition coefficient (Wildman–Crippen LogP) is 1.98. The summed E-state index contributed by atoms with van der Waals surface area (Å²) in [6.45, 7) is 0. The van der Waals surface area contributed by atoms with Gasteiger partial charge in [0.1, 0.15) is 4.21 Å². The van der Waals surface area contributed by atoms with Gasteiger partial charge < -0.3 is 5.11 Å². The largest absolute Gasteiger partial charge is 0.393 e. The predicted molar refractivity (Wildman–Crippen MR) is 67.9 cm³/mol. The summed E-state index contributed by atoms with van der Waals surface area (Å²) in [5, 5.41) is 9.50. The van der Waals surface area contributed by atoms with Gasteiger partial charge in [0.05, 0.1) is 10.4 Å². The minimum atomic E-state index is -3.49. The topological polar surface area (TPSA) is 66.4 Å². The molecule has 17 heavy (non-hydrogen) atoms. The molecule has 1 aliphatic rings. The average Bonchev–Trinajstić information content (AvgIpc) is 2.65. The minimum Gasteiger partial charge on any atom is -0.393 e. The lowest BCUT2D eigenvalue weighted by molar-refractivity contribution is 0.117. The molecule has 96 valence electrons. The zero-order chi connectivity index (χ0) is 12.5. The lowest BCUT2D eigenvalue weighted by Crippen LogP contribution is -2.39. The molecular formula is C10H14ClNO3S2. The molecule has 0 spiro atoms. The van der Waals surface area contributed by atoms with Crippen LogP contribution in [0.2, 0.25) is 4.34 Å². The summed E-state index contributed by atoms with van der Waals surface area (Å²) in [5.41, 5.74) is 0. The Morgan fingerprint density at radius 3 is 2.76 bits per heavy atom. The summed E-state index contributed by atoms with van der Waals surface area (Å²) in [7, 11) is -3.49. The highest BCUT2D eigenvalue weighted by molar-refractivity contribution is 7.91. The van der Waals surface area contributed by atoms with Crippen molar-refractivity contribution in [1.29, 1.82) is 0 Å². The molecule has 1 aromatic rings. The molecule has 7 heteroatoms. The summed E-state index contributed by atoms with van der Waals surface area (Å²) in [6, 6.07) is 2.88. The van der Waals surface area contributed by atoms with Crippen molar-refractivity contribution >= 4 is 33.0 Å². The number of aliphatic hydroxyl groups excluding tert-OH is 1. The second-order valence-corrected chi connectivity index (χ2v) is 7.85. The second kappa shape index (κ2) is 5.24. The fourth-order valence-electron chi connectivity index (χ4n) is 1.99. The van der Waals surface area contributed by atoms with Crippen molar-refractivity contribution in [1.82, 2.24) is 4.72 Å². The van der Waals surface area contributed by atoms with E-state index in [2.05, 4.69) is 4.72 Å². The Bertz CT molecular complexity index is 485. The molecule has 0 saturated heterocycles. The van der Waals surface area contributed by atoms with Crippen LogP contribution in [-0.2, 0) is 10.0 Å². The number of nitrogens with one attached hydrogen (secondary N) is 1. The van der Waals surface area contributed by atoms with Crippen LogP contribution >= 0.6 is 22.9 Å². The summed E-state index contributed by atoms with van der Waals surface area (Å²) in [5.74, 6) is 0. The maximum atomic E-state index is 12.0. The molecule has 0 bridgehead atoms. The van der Waals surface area contributed by atoms with E-state index >= 15 is 0 Å². The fourth-order valence-corrected chi connectivity index (χ4v) is 4.77. The molecule has 1 heterocycles. The van der Waals surface area contributed by atoms with Crippen LogP contribution in [0.1, 0.15) is 25.7 Å². The number of halogens is 1. The number of hydrogen-bond donors (Lipinski definition) is 2. The SMILES string of the molecule is O=S(=O)(NC1CCCC(O)C1)c1ccc(Cl)s1. The van der Waals surface area contributed by atoms with Crippen LogP contribution in [0, 0.1) is 0 Å². The van der Waals surface area contributed by atoms with E-state index in [0.717, 1.165) is 30.6 Å². The zero-order valence-corrected chi connectivity index (χ0v) is 11.5. The highest BCUT2D eigenvalue weighted by Crippen LogP contribution is 2.27. The first-order chi connectivity index (χ1) is 7.97. The third-order valence-corrected chi connectivity index (χ3v) is 6.03. The first-order valence-electron chi connectivity index (χ1n) is 5.43. The first-order valence-corrected chi connectivity index (χ1v) is 8.11. The molecule has 0 amide bonds. The van der Waals surface area contributed by atoms with Crippen molar-refractivity contribution in [2.24, 2.45) is 0 Å². The van der Waals surface area contributed by atoms with Crippen molar-refractivity contribution in [3.05, 3.63) is 16.5 Å². The molecule has 1 saturated carbocycles. The summed E-state index contributed by atoms with van der Waals surface area (Å²) in [4.78, 5) is 0. The molecule has 4 nitrogen and oxygen atoms in total. The lowest BCUT2D eigenvalue weighted by atomic mass is 9.94. The van der Waals surface area contributed by atoms with Crippen LogP contribution in [0.3, 0.4) is 0 Å². The van der Waals surface area contributed by atoms with Gasteiger partial charge >= 0.3 is 0 Å². The van der Waals surface area contributed by atoms with Gasteiger partial charge in [0.15, 0.2) is 0 Å². The standard InChI is InChI=1S/C10H14ClNO3S2/c11-9-4-5-10(16-9)17(14,15)12-7-2-1-3-8(13)6-7/h4-5,7-8,12-13H,1-3,6H2. The highest BCUT2D eigenvalue weighted by atomic mass is 35.5. The van der Waals surface area contributed by atoms with Crippen molar-refractivity contribution in [3.8, 4) is 0 Å². The molecule has 1 aliphatic carbocycles. The molecule has 0 radical (unpaired) electrons. The summed E-state index contributed by atoms with van der Waals surface area (Å²) < 4.78 is 27.3. The van der Waals surface area contributed by atoms with Crippen LogP contribution in [0.5, 0.6) is 0 Å². The molecule has 0 aromatic carbocycles. The van der Waals surface area contributed by atoms with Gasteiger partial charge in [-0.1, -0.05) is 11.6 Å². The van der Waals surface area contributed by atoms with Gasteiger partial charge in [0.2, 0.25) is 10.0 Å². The van der Waals surface area contributed by atoms with Crippen LogP contribution in [0.15, 0.2) is 16.3 Å². The Morgan fingerprint density at radius 1 is 1.41 bits per heavy atom. The Morgan fingerprint density at radius 2 is 2.18 bits per heavy atom. The van der Waals surface area contributed by atoms with Gasteiger partial charge in [-0.3, -0.25) is 0 Å². The average molecular weight is 296 g/mol. The highest BCUT2D eigenvalue weighted by Gasteiger charge is 2.26. The van der Waals surface area contributed by atoms with Crippen LogP contribution in [0.4, 0.5) is 0 Å². The van der Waals surface area contributed by atoms with Gasteiger partial charge in [-0.05, 0) is 37.8 Å². The number of thiophene rings is 1. The fraction of sp³-hybridized carbons (Fsp3) is 0.600. The molecule has 1 fully saturated rings. The molecule has 0 aliphatic heterocycles. The lowest BCUT2D eigenvalue weighted by Gasteiger charge is -2.26. The Kier molecular flexibility index (Phi) is 4.10. The number of sulfonamides is 1. The molecule has 2 rings (SSSR count). The second-order valence-electron chi connectivity index (χ2n) is 4.20. The number of aliphatic hydroxyl groups is 1.